The molecule has 270 valence electrons. The summed E-state index contributed by atoms with van der Waals surface area (Å²) in [5.74, 6) is 1.29. The van der Waals surface area contributed by atoms with Crippen molar-refractivity contribution in [2.75, 3.05) is 45.2 Å². The number of anilines is 1. The molecule has 5 rings (SSSR count). The number of methoxy groups -OCH3 is 3. The minimum absolute atomic E-state index is 0.0295. The Kier molecular flexibility index (Phi) is 12.0. The van der Waals surface area contributed by atoms with Crippen molar-refractivity contribution < 1.29 is 23.8 Å². The van der Waals surface area contributed by atoms with Crippen LogP contribution in [0.5, 0.6) is 17.2 Å². The Bertz CT molecular complexity index is 2150. The first-order valence-corrected chi connectivity index (χ1v) is 18.0. The van der Waals surface area contributed by atoms with E-state index in [1.807, 2.05) is 12.3 Å². The van der Waals surface area contributed by atoms with Crippen LogP contribution in [0.4, 0.5) is 5.69 Å². The monoisotopic (exact) mass is 737 g/mol. The fraction of sp³-hybridized carbons (Fsp3) is 0.361. The summed E-state index contributed by atoms with van der Waals surface area (Å²) >= 11 is 7.62. The molecule has 0 unspecified atom stereocenters. The maximum atomic E-state index is 13.9. The summed E-state index contributed by atoms with van der Waals surface area (Å²) in [5.41, 5.74) is 1.96. The van der Waals surface area contributed by atoms with E-state index in [9.17, 15) is 24.0 Å². The van der Waals surface area contributed by atoms with Gasteiger partial charge in [-0.05, 0) is 84.4 Å². The molecule has 15 heteroatoms. The third kappa shape index (κ3) is 8.02. The van der Waals surface area contributed by atoms with E-state index in [-0.39, 0.29) is 36.0 Å². The number of H-pyrrole nitrogens is 1. The first-order valence-electron chi connectivity index (χ1n) is 16.2. The van der Waals surface area contributed by atoms with Gasteiger partial charge in [-0.25, -0.2) is 0 Å². The van der Waals surface area contributed by atoms with Gasteiger partial charge in [0.15, 0.2) is 11.5 Å². The van der Waals surface area contributed by atoms with Crippen LogP contribution in [0.15, 0.2) is 56.8 Å². The zero-order valence-corrected chi connectivity index (χ0v) is 30.5. The van der Waals surface area contributed by atoms with E-state index in [0.717, 1.165) is 5.56 Å². The van der Waals surface area contributed by atoms with Gasteiger partial charge in [-0.15, -0.1) is 0 Å². The predicted molar refractivity (Wildman–Crippen MR) is 200 cm³/mol. The van der Waals surface area contributed by atoms with Gasteiger partial charge in [0.1, 0.15) is 6.04 Å². The molecule has 4 N–H and O–H groups in total. The molecular formula is C36H40ClN5O8S. The van der Waals surface area contributed by atoms with Crippen LogP contribution < -0.4 is 46.7 Å². The molecule has 2 amide bonds. The van der Waals surface area contributed by atoms with Crippen molar-refractivity contribution in [2.24, 2.45) is 0 Å². The molecule has 1 aromatic heterocycles. The molecule has 0 fully saturated rings. The van der Waals surface area contributed by atoms with E-state index in [4.69, 9.17) is 25.8 Å². The van der Waals surface area contributed by atoms with Gasteiger partial charge in [0, 0.05) is 30.6 Å². The number of fused-ring (bicyclic) bond motifs is 4. The number of rotatable bonds is 13. The second-order valence-corrected chi connectivity index (χ2v) is 13.4. The average Bonchev–Trinajstić information content (AvgIpc) is 3.35. The Morgan fingerprint density at radius 1 is 1.04 bits per heavy atom. The van der Waals surface area contributed by atoms with Gasteiger partial charge in [0.05, 0.1) is 44.1 Å². The Morgan fingerprint density at radius 2 is 1.80 bits per heavy atom. The topological polar surface area (TPSA) is 170 Å². The first kappa shape index (κ1) is 37.3. The highest BCUT2D eigenvalue weighted by atomic mass is 35.5. The lowest BCUT2D eigenvalue weighted by Crippen LogP contribution is -2.43. The maximum absolute atomic E-state index is 13.9. The third-order valence-corrected chi connectivity index (χ3v) is 9.62. The molecule has 0 radical (unpaired) electrons. The number of amides is 2. The summed E-state index contributed by atoms with van der Waals surface area (Å²) in [6.07, 6.45) is 3.36. The van der Waals surface area contributed by atoms with Crippen LogP contribution in [-0.2, 0) is 22.6 Å². The molecule has 51 heavy (non-hydrogen) atoms. The van der Waals surface area contributed by atoms with Crippen LogP contribution in [0.1, 0.15) is 36.9 Å². The van der Waals surface area contributed by atoms with Gasteiger partial charge in [-0.2, -0.15) is 11.8 Å². The zero-order chi connectivity index (χ0) is 36.8. The summed E-state index contributed by atoms with van der Waals surface area (Å²) in [6.45, 7) is 1.50. The van der Waals surface area contributed by atoms with Gasteiger partial charge < -0.3 is 39.7 Å². The van der Waals surface area contributed by atoms with E-state index in [0.29, 0.717) is 75.0 Å². The van der Waals surface area contributed by atoms with E-state index in [1.54, 1.807) is 49.2 Å². The maximum Gasteiger partial charge on any atom is 0.316 e. The second kappa shape index (κ2) is 16.4. The number of nitrogens with one attached hydrogen (secondary N) is 4. The number of carbonyl (C=O) groups is 2. The number of ether oxygens (including phenoxy) is 3. The van der Waals surface area contributed by atoms with Crippen LogP contribution in [0.2, 0.25) is 5.02 Å². The Labute approximate surface area is 303 Å². The van der Waals surface area contributed by atoms with Crippen molar-refractivity contribution in [3.8, 4) is 28.4 Å². The number of hydrogen-bond donors (Lipinski definition) is 4. The smallest absolute Gasteiger partial charge is 0.316 e. The van der Waals surface area contributed by atoms with E-state index >= 15 is 0 Å². The number of thioether (sulfide) groups is 1. The number of aryl methyl sites for hydroxylation is 1. The van der Waals surface area contributed by atoms with E-state index < -0.39 is 23.2 Å². The summed E-state index contributed by atoms with van der Waals surface area (Å²) in [5, 5.41) is 9.40. The molecule has 13 nitrogen and oxygen atoms in total. The van der Waals surface area contributed by atoms with E-state index in [1.165, 1.54) is 31.8 Å². The van der Waals surface area contributed by atoms with Crippen LogP contribution in [0.25, 0.3) is 22.2 Å². The Morgan fingerprint density at radius 3 is 2.49 bits per heavy atom. The molecule has 0 aliphatic heterocycles. The molecule has 2 atom stereocenters. The van der Waals surface area contributed by atoms with Crippen molar-refractivity contribution in [1.82, 2.24) is 20.2 Å². The number of aromatic nitrogens is 2. The predicted octanol–water partition coefficient (Wildman–Crippen LogP) is 3.87. The molecule has 1 aliphatic carbocycles. The van der Waals surface area contributed by atoms with Gasteiger partial charge in [0.25, 0.3) is 0 Å². The Hall–Kier alpha value is -4.95. The second-order valence-electron chi connectivity index (χ2n) is 11.9. The summed E-state index contributed by atoms with van der Waals surface area (Å²) in [4.78, 5) is 67.4. The van der Waals surface area contributed by atoms with E-state index in [2.05, 4.69) is 20.9 Å². The van der Waals surface area contributed by atoms with Gasteiger partial charge in [-0.3, -0.25) is 24.0 Å². The molecular weight excluding hydrogens is 698 g/mol. The quantitative estimate of drug-likeness (QED) is 0.148. The van der Waals surface area contributed by atoms with Crippen molar-refractivity contribution >= 4 is 51.9 Å². The number of benzene rings is 2. The van der Waals surface area contributed by atoms with Gasteiger partial charge >= 0.3 is 11.1 Å². The normalized spacial score (nSPS) is 14.0. The fourth-order valence-corrected chi connectivity index (χ4v) is 7.05. The number of aromatic amines is 1. The molecule has 0 bridgehead atoms. The highest BCUT2D eigenvalue weighted by molar-refractivity contribution is 7.98. The molecule has 0 saturated carbocycles. The van der Waals surface area contributed by atoms with Crippen molar-refractivity contribution in [3.63, 3.8) is 0 Å². The number of nitrogens with zero attached hydrogens (tertiary/aromatic N) is 1. The largest absolute Gasteiger partial charge is 0.493 e. The minimum Gasteiger partial charge on any atom is -0.493 e. The standard InChI is InChI=1S/C36H40ClN5O8S/c1-19(43)39-24-9-6-20-16-30(48-2)32(49-3)33(50-4)31(20)22-8-10-25(29(44)18-23(22)24)40-26(12-15-51-5)34(45)38-13-14-42-28-11-7-21(37)17-27(28)41-35(46)36(42)47/h7-8,10-11,16-18,24,26H,6,9,12-15H2,1-5H3,(H,38,45)(H,39,43)(H,40,44)(H,41,46)/t24-,26-/m0/s1. The molecule has 0 saturated heterocycles. The molecule has 1 heterocycles. The number of halogens is 1. The average molecular weight is 738 g/mol. The van der Waals surface area contributed by atoms with Crippen LogP contribution in [-0.4, -0.2) is 67.3 Å². The highest BCUT2D eigenvalue weighted by Gasteiger charge is 2.30. The lowest BCUT2D eigenvalue weighted by molar-refractivity contribution is -0.122. The van der Waals surface area contributed by atoms with Crippen molar-refractivity contribution in [2.45, 2.75) is 44.8 Å². The lowest BCUT2D eigenvalue weighted by atomic mass is 9.95. The van der Waals surface area contributed by atoms with Crippen LogP contribution in [0.3, 0.4) is 0 Å². The van der Waals surface area contributed by atoms with Gasteiger partial charge in [0.2, 0.25) is 23.0 Å². The molecule has 1 aliphatic rings. The first-order chi connectivity index (χ1) is 24.5. The molecule has 3 aromatic carbocycles. The van der Waals surface area contributed by atoms with Crippen molar-refractivity contribution in [1.29, 1.82) is 0 Å². The van der Waals surface area contributed by atoms with Crippen LogP contribution >= 0.6 is 23.4 Å². The minimum atomic E-state index is -0.809. The summed E-state index contributed by atoms with van der Waals surface area (Å²) < 4.78 is 18.4. The molecule has 0 spiro atoms. The zero-order valence-electron chi connectivity index (χ0n) is 28.9. The SMILES string of the molecule is COc1cc2c(c(OC)c1OC)-c1ccc(N[C@@H](CCSC)C(=O)NCCn3c(=O)c(=O)[nH]c4cc(Cl)ccc43)c(=O)cc1[C@@H](NC(C)=O)CC2. The van der Waals surface area contributed by atoms with Crippen molar-refractivity contribution in [3.05, 3.63) is 89.5 Å². The fourth-order valence-electron chi connectivity index (χ4n) is 6.41. The molecule has 4 aromatic rings. The lowest BCUT2D eigenvalue weighted by Gasteiger charge is -2.19. The third-order valence-electron chi connectivity index (χ3n) is 8.74. The van der Waals surface area contributed by atoms with Crippen LogP contribution in [0, 0.1) is 0 Å². The highest BCUT2D eigenvalue weighted by Crippen LogP contribution is 2.50. The number of hydrogen-bond acceptors (Lipinski definition) is 10. The summed E-state index contributed by atoms with van der Waals surface area (Å²) in [6, 6.07) is 10.3. The Balaban J connectivity index is 1.49. The van der Waals surface area contributed by atoms with Gasteiger partial charge in [-0.1, -0.05) is 17.7 Å². The number of carbonyl (C=O) groups excluding carboxylic acids is 2. The summed E-state index contributed by atoms with van der Waals surface area (Å²) in [7, 11) is 4.59.